The van der Waals surface area contributed by atoms with Crippen molar-refractivity contribution in [3.63, 3.8) is 0 Å². The minimum Gasteiger partial charge on any atom is -0.468 e. The molecular formula is C11H17N5O3. The van der Waals surface area contributed by atoms with Crippen molar-refractivity contribution in [2.45, 2.75) is 37.6 Å². The zero-order valence-electron chi connectivity index (χ0n) is 10.8. The highest BCUT2D eigenvalue weighted by molar-refractivity contribution is 5.87. The molecule has 1 aromatic heterocycles. The van der Waals surface area contributed by atoms with Gasteiger partial charge >= 0.3 is 5.97 Å². The molecule has 0 aromatic carbocycles. The van der Waals surface area contributed by atoms with Crippen molar-refractivity contribution in [2.75, 3.05) is 13.7 Å². The summed E-state index contributed by atoms with van der Waals surface area (Å²) in [6, 6.07) is 0. The molecular weight excluding hydrogens is 250 g/mol. The van der Waals surface area contributed by atoms with E-state index < -0.39 is 11.5 Å². The van der Waals surface area contributed by atoms with Gasteiger partial charge in [-0.15, -0.1) is 5.10 Å². The number of tetrazole rings is 1. The van der Waals surface area contributed by atoms with Crippen LogP contribution in [0.2, 0.25) is 0 Å². The van der Waals surface area contributed by atoms with Crippen LogP contribution in [0.1, 0.15) is 32.1 Å². The largest absolute Gasteiger partial charge is 0.468 e. The summed E-state index contributed by atoms with van der Waals surface area (Å²) in [4.78, 5) is 23.5. The SMILES string of the molecule is COC(=O)CNC(=O)C1(n2cnnn2)CCCCC1. The summed E-state index contributed by atoms with van der Waals surface area (Å²) in [5, 5.41) is 13.7. The molecule has 0 aliphatic heterocycles. The second kappa shape index (κ2) is 5.77. The van der Waals surface area contributed by atoms with Gasteiger partial charge in [-0.1, -0.05) is 19.3 Å². The third-order valence-corrected chi connectivity index (χ3v) is 3.51. The highest BCUT2D eigenvalue weighted by Crippen LogP contribution is 2.34. The molecule has 0 unspecified atom stereocenters. The minimum atomic E-state index is -0.782. The third-order valence-electron chi connectivity index (χ3n) is 3.51. The lowest BCUT2D eigenvalue weighted by molar-refractivity contribution is -0.143. The molecule has 0 bridgehead atoms. The molecule has 8 nitrogen and oxygen atoms in total. The lowest BCUT2D eigenvalue weighted by Gasteiger charge is -2.34. The van der Waals surface area contributed by atoms with Gasteiger partial charge < -0.3 is 10.1 Å². The highest BCUT2D eigenvalue weighted by atomic mass is 16.5. The van der Waals surface area contributed by atoms with Crippen LogP contribution in [0.25, 0.3) is 0 Å². The third kappa shape index (κ3) is 2.72. The molecule has 8 heteroatoms. The second-order valence-electron chi connectivity index (χ2n) is 4.61. The second-order valence-corrected chi connectivity index (χ2v) is 4.61. The molecule has 1 aliphatic carbocycles. The lowest BCUT2D eigenvalue weighted by atomic mass is 9.81. The zero-order chi connectivity index (χ0) is 13.7. The number of carbonyl (C=O) groups is 2. The molecule has 1 amide bonds. The van der Waals surface area contributed by atoms with E-state index >= 15 is 0 Å². The summed E-state index contributed by atoms with van der Waals surface area (Å²) in [5.74, 6) is -0.707. The van der Waals surface area contributed by atoms with E-state index in [2.05, 4.69) is 25.6 Å². The van der Waals surface area contributed by atoms with Gasteiger partial charge in [-0.3, -0.25) is 9.59 Å². The molecule has 0 radical (unpaired) electrons. The van der Waals surface area contributed by atoms with Gasteiger partial charge in [0.2, 0.25) is 5.91 Å². The monoisotopic (exact) mass is 267 g/mol. The van der Waals surface area contributed by atoms with Gasteiger partial charge in [0.05, 0.1) is 7.11 Å². The van der Waals surface area contributed by atoms with Crippen molar-refractivity contribution in [1.82, 2.24) is 25.5 Å². The summed E-state index contributed by atoms with van der Waals surface area (Å²) in [6.45, 7) is -0.140. The van der Waals surface area contributed by atoms with Crippen molar-refractivity contribution >= 4 is 11.9 Å². The summed E-state index contributed by atoms with van der Waals surface area (Å²) in [7, 11) is 1.28. The van der Waals surface area contributed by atoms with Crippen molar-refractivity contribution in [1.29, 1.82) is 0 Å². The molecule has 0 atom stereocenters. The molecule has 1 N–H and O–H groups in total. The summed E-state index contributed by atoms with van der Waals surface area (Å²) in [6.07, 6.45) is 5.75. The lowest BCUT2D eigenvalue weighted by Crippen LogP contribution is -2.51. The van der Waals surface area contributed by atoms with Crippen LogP contribution in [0.3, 0.4) is 0 Å². The first-order chi connectivity index (χ1) is 9.19. The summed E-state index contributed by atoms with van der Waals surface area (Å²) in [5.41, 5.74) is -0.782. The average Bonchev–Trinajstić information content (AvgIpc) is 2.99. The van der Waals surface area contributed by atoms with Crippen molar-refractivity contribution < 1.29 is 14.3 Å². The van der Waals surface area contributed by atoms with Gasteiger partial charge in [-0.25, -0.2) is 4.68 Å². The number of rotatable bonds is 4. The Morgan fingerprint density at radius 3 is 2.68 bits per heavy atom. The number of amides is 1. The van der Waals surface area contributed by atoms with Crippen LogP contribution < -0.4 is 5.32 Å². The van der Waals surface area contributed by atoms with Gasteiger partial charge in [0.25, 0.3) is 0 Å². The van der Waals surface area contributed by atoms with Crippen molar-refractivity contribution in [3.8, 4) is 0 Å². The summed E-state index contributed by atoms with van der Waals surface area (Å²) < 4.78 is 6.01. The molecule has 104 valence electrons. The van der Waals surface area contributed by atoms with Crippen LogP contribution in [-0.4, -0.2) is 45.7 Å². The topological polar surface area (TPSA) is 99.0 Å². The minimum absolute atomic E-state index is 0.140. The van der Waals surface area contributed by atoms with E-state index in [9.17, 15) is 9.59 Å². The predicted octanol–water partition coefficient (Wildman–Crippen LogP) is -0.378. The van der Waals surface area contributed by atoms with Gasteiger partial charge in [0.1, 0.15) is 18.4 Å². The Labute approximate surface area is 110 Å². The van der Waals surface area contributed by atoms with Gasteiger partial charge in [0, 0.05) is 0 Å². The first-order valence-electron chi connectivity index (χ1n) is 6.27. The Hall–Kier alpha value is -1.99. The first kappa shape index (κ1) is 13.4. The van der Waals surface area contributed by atoms with E-state index in [1.807, 2.05) is 0 Å². The predicted molar refractivity (Wildman–Crippen MR) is 63.9 cm³/mol. The molecule has 1 aliphatic rings. The molecule has 1 heterocycles. The highest BCUT2D eigenvalue weighted by Gasteiger charge is 2.42. The van der Waals surface area contributed by atoms with Crippen LogP contribution in [0.5, 0.6) is 0 Å². The molecule has 2 rings (SSSR count). The van der Waals surface area contributed by atoms with E-state index in [1.165, 1.54) is 18.1 Å². The fourth-order valence-corrected chi connectivity index (χ4v) is 2.44. The average molecular weight is 267 g/mol. The van der Waals surface area contributed by atoms with E-state index in [4.69, 9.17) is 0 Å². The molecule has 19 heavy (non-hydrogen) atoms. The maximum absolute atomic E-state index is 12.4. The fraction of sp³-hybridized carbons (Fsp3) is 0.727. The maximum atomic E-state index is 12.4. The number of carbonyl (C=O) groups excluding carboxylic acids is 2. The van der Waals surface area contributed by atoms with E-state index in [0.717, 1.165) is 19.3 Å². The van der Waals surface area contributed by atoms with E-state index in [0.29, 0.717) is 12.8 Å². The fourth-order valence-electron chi connectivity index (χ4n) is 2.44. The van der Waals surface area contributed by atoms with E-state index in [-0.39, 0.29) is 12.5 Å². The first-order valence-corrected chi connectivity index (χ1v) is 6.27. The zero-order valence-corrected chi connectivity index (χ0v) is 10.8. The number of nitrogens with zero attached hydrogens (tertiary/aromatic N) is 4. The van der Waals surface area contributed by atoms with Crippen LogP contribution in [0, 0.1) is 0 Å². The Morgan fingerprint density at radius 1 is 1.37 bits per heavy atom. The Bertz CT molecular complexity index is 439. The van der Waals surface area contributed by atoms with Crippen LogP contribution in [0.15, 0.2) is 6.33 Å². The molecule has 1 aromatic rings. The standard InChI is InChI=1S/C11H17N5O3/c1-19-9(17)7-12-10(18)11(5-3-2-4-6-11)16-8-13-14-15-16/h8H,2-7H2,1H3,(H,12,18). The number of esters is 1. The quantitative estimate of drug-likeness (QED) is 0.747. The van der Waals surface area contributed by atoms with Crippen LogP contribution in [0.4, 0.5) is 0 Å². The van der Waals surface area contributed by atoms with Crippen LogP contribution >= 0.6 is 0 Å². The Kier molecular flexibility index (Phi) is 4.08. The van der Waals surface area contributed by atoms with Gasteiger partial charge in [-0.05, 0) is 23.3 Å². The smallest absolute Gasteiger partial charge is 0.325 e. The number of aromatic nitrogens is 4. The molecule has 0 saturated heterocycles. The normalized spacial score (nSPS) is 17.7. The number of hydrogen-bond acceptors (Lipinski definition) is 6. The van der Waals surface area contributed by atoms with Gasteiger partial charge in [0.15, 0.2) is 0 Å². The number of ether oxygens (including phenoxy) is 1. The molecule has 1 saturated carbocycles. The van der Waals surface area contributed by atoms with Crippen LogP contribution in [-0.2, 0) is 19.9 Å². The van der Waals surface area contributed by atoms with E-state index in [1.54, 1.807) is 0 Å². The Balaban J connectivity index is 2.14. The number of nitrogens with one attached hydrogen (secondary N) is 1. The summed E-state index contributed by atoms with van der Waals surface area (Å²) >= 11 is 0. The van der Waals surface area contributed by atoms with Crippen molar-refractivity contribution in [2.24, 2.45) is 0 Å². The van der Waals surface area contributed by atoms with Crippen molar-refractivity contribution in [3.05, 3.63) is 6.33 Å². The number of hydrogen-bond donors (Lipinski definition) is 1. The Morgan fingerprint density at radius 2 is 2.11 bits per heavy atom. The van der Waals surface area contributed by atoms with Gasteiger partial charge in [-0.2, -0.15) is 0 Å². The maximum Gasteiger partial charge on any atom is 0.325 e. The molecule has 1 fully saturated rings. The number of methoxy groups -OCH3 is 1. The molecule has 0 spiro atoms.